The van der Waals surface area contributed by atoms with Gasteiger partial charge in [0.05, 0.1) is 29.3 Å². The van der Waals surface area contributed by atoms with Crippen LogP contribution < -0.4 is 5.73 Å². The van der Waals surface area contributed by atoms with Gasteiger partial charge >= 0.3 is 6.18 Å². The SMILES string of the molecule is N#CC1(n2cc(CC3(C(N)=O)CCC(C(F)(F)F)CC3)nn2)CC1. The van der Waals surface area contributed by atoms with Gasteiger partial charge in [0.15, 0.2) is 5.54 Å². The van der Waals surface area contributed by atoms with Crippen LogP contribution in [-0.2, 0) is 16.8 Å². The van der Waals surface area contributed by atoms with Crippen LogP contribution in [-0.4, -0.2) is 27.1 Å². The summed E-state index contributed by atoms with van der Waals surface area (Å²) in [6.07, 6.45) is -1.12. The first-order valence-corrected chi connectivity index (χ1v) is 7.90. The molecule has 2 aliphatic carbocycles. The molecule has 24 heavy (non-hydrogen) atoms. The van der Waals surface area contributed by atoms with E-state index in [4.69, 9.17) is 11.0 Å². The predicted molar refractivity (Wildman–Crippen MR) is 76.2 cm³/mol. The fraction of sp³-hybridized carbons (Fsp3) is 0.733. The van der Waals surface area contributed by atoms with Gasteiger partial charge < -0.3 is 5.73 Å². The van der Waals surface area contributed by atoms with E-state index in [9.17, 15) is 18.0 Å². The van der Waals surface area contributed by atoms with Crippen molar-refractivity contribution in [1.29, 1.82) is 5.26 Å². The number of rotatable bonds is 4. The number of primary amides is 1. The van der Waals surface area contributed by atoms with Gasteiger partial charge in [-0.2, -0.15) is 18.4 Å². The molecule has 1 aromatic heterocycles. The lowest BCUT2D eigenvalue weighted by Crippen LogP contribution is -2.44. The first-order chi connectivity index (χ1) is 11.2. The molecule has 2 aliphatic rings. The summed E-state index contributed by atoms with van der Waals surface area (Å²) in [5, 5.41) is 17.1. The van der Waals surface area contributed by atoms with Crippen LogP contribution in [0.3, 0.4) is 0 Å². The lowest BCUT2D eigenvalue weighted by Gasteiger charge is -2.37. The standard InChI is InChI=1S/C15H18F3N5O/c16-15(17,18)10-1-3-13(4-2-10,12(20)24)7-11-8-23(22-21-11)14(9-19)5-6-14/h8,10H,1-7H2,(H2,20,24). The molecule has 3 rings (SSSR count). The molecule has 0 saturated heterocycles. The number of nitrogens with zero attached hydrogens (tertiary/aromatic N) is 4. The summed E-state index contributed by atoms with van der Waals surface area (Å²) in [4.78, 5) is 11.9. The molecule has 1 heterocycles. The quantitative estimate of drug-likeness (QED) is 0.906. The molecule has 0 unspecified atom stereocenters. The molecule has 0 bridgehead atoms. The summed E-state index contributed by atoms with van der Waals surface area (Å²) in [6, 6.07) is 2.18. The molecule has 0 aromatic carbocycles. The van der Waals surface area contributed by atoms with Crippen LogP contribution in [0.5, 0.6) is 0 Å². The summed E-state index contributed by atoms with van der Waals surface area (Å²) in [6.45, 7) is 0. The molecule has 1 amide bonds. The number of aromatic nitrogens is 3. The van der Waals surface area contributed by atoms with Gasteiger partial charge in [-0.1, -0.05) is 5.21 Å². The Bertz CT molecular complexity index is 678. The van der Waals surface area contributed by atoms with Crippen molar-refractivity contribution >= 4 is 5.91 Å². The second kappa shape index (κ2) is 5.46. The van der Waals surface area contributed by atoms with Gasteiger partial charge in [0.2, 0.25) is 5.91 Å². The average Bonchev–Trinajstić information content (AvgIpc) is 3.19. The van der Waals surface area contributed by atoms with Crippen LogP contribution in [0.25, 0.3) is 0 Å². The zero-order chi connectivity index (χ0) is 17.6. The number of carbonyl (C=O) groups excluding carboxylic acids is 1. The fourth-order valence-corrected chi connectivity index (χ4v) is 3.45. The van der Waals surface area contributed by atoms with Gasteiger partial charge in [-0.15, -0.1) is 5.10 Å². The van der Waals surface area contributed by atoms with Gasteiger partial charge in [0.1, 0.15) is 0 Å². The molecular weight excluding hydrogens is 323 g/mol. The Labute approximate surface area is 136 Å². The average molecular weight is 341 g/mol. The van der Waals surface area contributed by atoms with Crippen LogP contribution in [0, 0.1) is 22.7 Å². The molecule has 130 valence electrons. The molecule has 2 saturated carbocycles. The molecule has 1 aromatic rings. The van der Waals surface area contributed by atoms with Gasteiger partial charge in [0.25, 0.3) is 0 Å². The molecule has 2 fully saturated rings. The lowest BCUT2D eigenvalue weighted by molar-refractivity contribution is -0.188. The number of alkyl halides is 3. The van der Waals surface area contributed by atoms with E-state index in [1.54, 1.807) is 6.20 Å². The Morgan fingerprint density at radius 2 is 2.00 bits per heavy atom. The Morgan fingerprint density at radius 3 is 2.46 bits per heavy atom. The van der Waals surface area contributed by atoms with Crippen molar-refractivity contribution in [2.45, 2.75) is 56.7 Å². The number of hydrogen-bond donors (Lipinski definition) is 1. The third-order valence-corrected chi connectivity index (χ3v) is 5.36. The van der Waals surface area contributed by atoms with Crippen molar-refractivity contribution in [3.63, 3.8) is 0 Å². The molecule has 9 heteroatoms. The van der Waals surface area contributed by atoms with E-state index in [0.717, 1.165) is 0 Å². The first-order valence-electron chi connectivity index (χ1n) is 7.90. The Hall–Kier alpha value is -2.11. The third kappa shape index (κ3) is 2.85. The van der Waals surface area contributed by atoms with E-state index < -0.39 is 29.0 Å². The largest absolute Gasteiger partial charge is 0.391 e. The molecule has 2 N–H and O–H groups in total. The number of nitrogens with two attached hydrogens (primary N) is 1. The predicted octanol–water partition coefficient (Wildman–Crippen LogP) is 2.06. The van der Waals surface area contributed by atoms with Crippen molar-refractivity contribution in [2.75, 3.05) is 0 Å². The van der Waals surface area contributed by atoms with E-state index in [0.29, 0.717) is 18.5 Å². The van der Waals surface area contributed by atoms with Crippen molar-refractivity contribution in [3.05, 3.63) is 11.9 Å². The monoisotopic (exact) mass is 341 g/mol. The molecule has 0 aliphatic heterocycles. The summed E-state index contributed by atoms with van der Waals surface area (Å²) >= 11 is 0. The van der Waals surface area contributed by atoms with Gasteiger partial charge in [-0.05, 0) is 38.5 Å². The second-order valence-corrected chi connectivity index (χ2v) is 6.94. The van der Waals surface area contributed by atoms with Crippen LogP contribution in [0.4, 0.5) is 13.2 Å². The summed E-state index contributed by atoms with van der Waals surface area (Å²) in [5.41, 5.74) is 4.32. The molecular formula is C15H18F3N5O. The maximum atomic E-state index is 12.8. The lowest BCUT2D eigenvalue weighted by atomic mass is 9.67. The van der Waals surface area contributed by atoms with Crippen molar-refractivity contribution in [3.8, 4) is 6.07 Å². The highest BCUT2D eigenvalue weighted by molar-refractivity contribution is 5.81. The molecule has 0 radical (unpaired) electrons. The number of halogens is 3. The minimum atomic E-state index is -4.24. The highest BCUT2D eigenvalue weighted by Crippen LogP contribution is 2.47. The zero-order valence-electron chi connectivity index (χ0n) is 13.0. The number of carbonyl (C=O) groups is 1. The molecule has 0 atom stereocenters. The van der Waals surface area contributed by atoms with Gasteiger partial charge in [-0.25, -0.2) is 4.68 Å². The van der Waals surface area contributed by atoms with Crippen LogP contribution in [0.1, 0.15) is 44.2 Å². The van der Waals surface area contributed by atoms with Crippen LogP contribution in [0.15, 0.2) is 6.20 Å². The molecule has 0 spiro atoms. The van der Waals surface area contributed by atoms with E-state index in [1.165, 1.54) is 4.68 Å². The van der Waals surface area contributed by atoms with Gasteiger partial charge in [0, 0.05) is 6.42 Å². The van der Waals surface area contributed by atoms with Crippen LogP contribution >= 0.6 is 0 Å². The molecule has 6 nitrogen and oxygen atoms in total. The zero-order valence-corrected chi connectivity index (χ0v) is 13.0. The smallest absolute Gasteiger partial charge is 0.369 e. The fourth-order valence-electron chi connectivity index (χ4n) is 3.45. The van der Waals surface area contributed by atoms with Gasteiger partial charge in [-0.3, -0.25) is 4.79 Å². The first kappa shape index (κ1) is 16.7. The van der Waals surface area contributed by atoms with E-state index in [1.807, 2.05) is 0 Å². The minimum absolute atomic E-state index is 0.0861. The number of amides is 1. The summed E-state index contributed by atoms with van der Waals surface area (Å²) < 4.78 is 40.0. The topological polar surface area (TPSA) is 97.6 Å². The number of hydrogen-bond acceptors (Lipinski definition) is 4. The van der Waals surface area contributed by atoms with E-state index in [-0.39, 0.29) is 32.1 Å². The maximum Gasteiger partial charge on any atom is 0.391 e. The summed E-state index contributed by atoms with van der Waals surface area (Å²) in [5.74, 6) is -1.98. The highest BCUT2D eigenvalue weighted by atomic mass is 19.4. The number of nitriles is 1. The maximum absolute atomic E-state index is 12.8. The van der Waals surface area contributed by atoms with Crippen LogP contribution in [0.2, 0.25) is 0 Å². The summed E-state index contributed by atoms with van der Waals surface area (Å²) in [7, 11) is 0. The van der Waals surface area contributed by atoms with E-state index in [2.05, 4.69) is 16.4 Å². The van der Waals surface area contributed by atoms with Crippen molar-refractivity contribution < 1.29 is 18.0 Å². The second-order valence-electron chi connectivity index (χ2n) is 6.94. The highest BCUT2D eigenvalue weighted by Gasteiger charge is 2.49. The van der Waals surface area contributed by atoms with Crippen molar-refractivity contribution in [2.24, 2.45) is 17.1 Å². The normalized spacial score (nSPS) is 29.0. The Morgan fingerprint density at radius 1 is 1.38 bits per heavy atom. The van der Waals surface area contributed by atoms with Crippen molar-refractivity contribution in [1.82, 2.24) is 15.0 Å². The third-order valence-electron chi connectivity index (χ3n) is 5.36. The Kier molecular flexibility index (Phi) is 3.81. The van der Waals surface area contributed by atoms with E-state index >= 15 is 0 Å². The Balaban J connectivity index is 1.74. The minimum Gasteiger partial charge on any atom is -0.369 e.